The molecule has 2 aromatic rings. The van der Waals surface area contributed by atoms with Gasteiger partial charge >= 0.3 is 0 Å². The molecule has 5 aliphatic rings. The van der Waals surface area contributed by atoms with E-state index in [4.69, 9.17) is 11.6 Å². The number of fused-ring (bicyclic) bond motifs is 4. The number of imide groups is 2. The first-order valence-corrected chi connectivity index (χ1v) is 15.1. The normalized spacial score (nSPS) is 33.5. The van der Waals surface area contributed by atoms with Gasteiger partial charge in [0.1, 0.15) is 5.75 Å². The molecule has 3 aliphatic carbocycles. The second-order valence-electron chi connectivity index (χ2n) is 12.5. The fraction of sp³-hybridized carbons (Fsp3) is 0.455. The van der Waals surface area contributed by atoms with Crippen LogP contribution in [0.5, 0.6) is 5.75 Å². The van der Waals surface area contributed by atoms with Crippen LogP contribution in [-0.4, -0.2) is 39.7 Å². The Morgan fingerprint density at radius 1 is 0.902 bits per heavy atom. The first kappa shape index (κ1) is 26.4. The molecule has 6 unspecified atom stereocenters. The molecule has 0 aromatic heterocycles. The highest BCUT2D eigenvalue weighted by Gasteiger charge is 2.68. The van der Waals surface area contributed by atoms with Gasteiger partial charge in [-0.05, 0) is 68.9 Å². The molecule has 0 spiro atoms. The highest BCUT2D eigenvalue weighted by Crippen LogP contribution is 2.64. The highest BCUT2D eigenvalue weighted by atomic mass is 35.5. The number of phenols is 1. The first-order valence-electron chi connectivity index (χ1n) is 14.7. The van der Waals surface area contributed by atoms with Crippen molar-refractivity contribution in [2.75, 3.05) is 4.90 Å². The predicted molar refractivity (Wildman–Crippen MR) is 153 cm³/mol. The van der Waals surface area contributed by atoms with Crippen molar-refractivity contribution < 1.29 is 24.3 Å². The molecule has 2 saturated heterocycles. The van der Waals surface area contributed by atoms with Crippen LogP contribution in [0, 0.1) is 29.1 Å². The van der Waals surface area contributed by atoms with Gasteiger partial charge in [0.15, 0.2) is 0 Å². The summed E-state index contributed by atoms with van der Waals surface area (Å²) in [5, 5.41) is 11.5. The molecule has 2 heterocycles. The minimum atomic E-state index is -1.21. The van der Waals surface area contributed by atoms with Gasteiger partial charge in [-0.25, -0.2) is 4.90 Å². The lowest BCUT2D eigenvalue weighted by atomic mass is 9.51. The SMILES string of the molecule is CC12C(=O)N(c3ccccc3)C(=O)C1CC1C(=CCC3C(=O)N(C4CCCCC4)C(=O)C31)C2c1cc(Cl)ccc1O. The van der Waals surface area contributed by atoms with Gasteiger partial charge in [0.25, 0.3) is 0 Å². The molecule has 7 nitrogen and oxygen atoms in total. The van der Waals surface area contributed by atoms with Crippen molar-refractivity contribution in [3.8, 4) is 5.75 Å². The molecular formula is C33H33ClN2O5. The lowest BCUT2D eigenvalue weighted by Gasteiger charge is -2.49. The van der Waals surface area contributed by atoms with Crippen molar-refractivity contribution in [1.29, 1.82) is 0 Å². The van der Waals surface area contributed by atoms with Gasteiger partial charge in [0, 0.05) is 22.5 Å². The van der Waals surface area contributed by atoms with Crippen LogP contribution < -0.4 is 4.90 Å². The van der Waals surface area contributed by atoms with Crippen LogP contribution in [0.25, 0.3) is 0 Å². The molecule has 8 heteroatoms. The van der Waals surface area contributed by atoms with Gasteiger partial charge < -0.3 is 5.11 Å². The number of carbonyl (C=O) groups excluding carboxylic acids is 4. The number of anilines is 1. The Hall–Kier alpha value is -3.45. The summed E-state index contributed by atoms with van der Waals surface area (Å²) in [6, 6.07) is 13.6. The van der Waals surface area contributed by atoms with E-state index < -0.39 is 35.0 Å². The summed E-state index contributed by atoms with van der Waals surface area (Å²) in [5.74, 6) is -3.74. The average Bonchev–Trinajstić information content (AvgIpc) is 3.35. The summed E-state index contributed by atoms with van der Waals surface area (Å²) >= 11 is 6.43. The first-order chi connectivity index (χ1) is 19.7. The molecule has 0 bridgehead atoms. The zero-order chi connectivity index (χ0) is 28.6. The number of hydrogen-bond acceptors (Lipinski definition) is 5. The summed E-state index contributed by atoms with van der Waals surface area (Å²) in [6.07, 6.45) is 7.50. The lowest BCUT2D eigenvalue weighted by Crippen LogP contribution is -2.49. The molecule has 2 aliphatic heterocycles. The molecule has 212 valence electrons. The lowest BCUT2D eigenvalue weighted by molar-refractivity contribution is -0.144. The van der Waals surface area contributed by atoms with E-state index in [0.29, 0.717) is 29.1 Å². The van der Waals surface area contributed by atoms with Gasteiger partial charge in [-0.1, -0.05) is 60.7 Å². The summed E-state index contributed by atoms with van der Waals surface area (Å²) < 4.78 is 0. The number of nitrogens with zero attached hydrogens (tertiary/aromatic N) is 2. The van der Waals surface area contributed by atoms with E-state index in [1.165, 1.54) is 11.0 Å². The molecular weight excluding hydrogens is 540 g/mol. The van der Waals surface area contributed by atoms with Crippen molar-refractivity contribution in [3.63, 3.8) is 0 Å². The highest BCUT2D eigenvalue weighted by molar-refractivity contribution is 6.30. The van der Waals surface area contributed by atoms with Crippen molar-refractivity contribution in [3.05, 3.63) is 70.8 Å². The molecule has 2 aromatic carbocycles. The second kappa shape index (κ2) is 9.55. The van der Waals surface area contributed by atoms with Gasteiger partial charge in [0.05, 0.1) is 28.9 Å². The zero-order valence-electron chi connectivity index (χ0n) is 23.0. The molecule has 1 N–H and O–H groups in total. The van der Waals surface area contributed by atoms with Crippen LogP contribution in [-0.2, 0) is 19.2 Å². The van der Waals surface area contributed by atoms with Crippen molar-refractivity contribution in [2.24, 2.45) is 29.1 Å². The van der Waals surface area contributed by atoms with E-state index in [2.05, 4.69) is 0 Å². The van der Waals surface area contributed by atoms with E-state index in [0.717, 1.165) is 37.7 Å². The Labute approximate surface area is 244 Å². The molecule has 4 amide bonds. The fourth-order valence-corrected chi connectivity index (χ4v) is 8.84. The Bertz CT molecular complexity index is 1500. The van der Waals surface area contributed by atoms with Gasteiger partial charge in [-0.2, -0.15) is 0 Å². The molecule has 7 rings (SSSR count). The minimum Gasteiger partial charge on any atom is -0.508 e. The van der Waals surface area contributed by atoms with E-state index >= 15 is 0 Å². The van der Waals surface area contributed by atoms with Crippen LogP contribution in [0.15, 0.2) is 60.2 Å². The number of carbonyl (C=O) groups is 4. The maximum atomic E-state index is 14.4. The summed E-state index contributed by atoms with van der Waals surface area (Å²) in [5.41, 5.74) is 0.609. The van der Waals surface area contributed by atoms with E-state index in [1.54, 1.807) is 41.3 Å². The summed E-state index contributed by atoms with van der Waals surface area (Å²) in [7, 11) is 0. The topological polar surface area (TPSA) is 95.0 Å². The van der Waals surface area contributed by atoms with E-state index in [-0.39, 0.29) is 35.4 Å². The number of para-hydroxylation sites is 1. The number of amides is 4. The van der Waals surface area contributed by atoms with Crippen LogP contribution >= 0.6 is 11.6 Å². The van der Waals surface area contributed by atoms with Crippen molar-refractivity contribution >= 4 is 40.9 Å². The maximum Gasteiger partial charge on any atom is 0.241 e. The molecule has 4 fully saturated rings. The molecule has 6 atom stereocenters. The zero-order valence-corrected chi connectivity index (χ0v) is 23.7. The van der Waals surface area contributed by atoms with E-state index in [1.807, 2.05) is 19.1 Å². The Morgan fingerprint density at radius 2 is 1.63 bits per heavy atom. The number of hydrogen-bond donors (Lipinski definition) is 1. The van der Waals surface area contributed by atoms with Gasteiger partial charge in [-0.3, -0.25) is 24.1 Å². The van der Waals surface area contributed by atoms with Gasteiger partial charge in [-0.15, -0.1) is 0 Å². The third-order valence-electron chi connectivity index (χ3n) is 10.6. The fourth-order valence-electron chi connectivity index (χ4n) is 8.66. The number of halogens is 1. The van der Waals surface area contributed by atoms with Crippen LogP contribution in [0.3, 0.4) is 0 Å². The summed E-state index contributed by atoms with van der Waals surface area (Å²) in [6.45, 7) is 1.81. The number of aromatic hydroxyl groups is 1. The maximum absolute atomic E-state index is 14.4. The predicted octanol–water partition coefficient (Wildman–Crippen LogP) is 5.61. The Balaban J connectivity index is 1.36. The standard InChI is InChI=1S/C33H33ClN2O5/c1-33-25(30(39)36(32(33)41)20-10-6-3-7-11-20)17-23-21(28(33)24-16-18(34)12-15-26(24)37)13-14-22-27(23)31(40)35(29(22)38)19-8-4-2-5-9-19/h3,6-7,10-13,15-16,19,22-23,25,27-28,37H,2,4-5,8-9,14,17H2,1H3. The monoisotopic (exact) mass is 572 g/mol. The average molecular weight is 573 g/mol. The summed E-state index contributed by atoms with van der Waals surface area (Å²) in [4.78, 5) is 59.1. The number of rotatable bonds is 3. The van der Waals surface area contributed by atoms with Crippen LogP contribution in [0.4, 0.5) is 5.69 Å². The van der Waals surface area contributed by atoms with Crippen LogP contribution in [0.1, 0.15) is 63.4 Å². The number of phenolic OH excluding ortho intramolecular Hbond substituents is 1. The molecule has 2 saturated carbocycles. The number of allylic oxidation sites excluding steroid dienone is 2. The van der Waals surface area contributed by atoms with Crippen molar-refractivity contribution in [1.82, 2.24) is 4.90 Å². The van der Waals surface area contributed by atoms with E-state index in [9.17, 15) is 24.3 Å². The smallest absolute Gasteiger partial charge is 0.241 e. The quantitative estimate of drug-likeness (QED) is 0.381. The molecule has 41 heavy (non-hydrogen) atoms. The Kier molecular flexibility index (Phi) is 6.16. The van der Waals surface area contributed by atoms with Crippen LogP contribution in [0.2, 0.25) is 5.02 Å². The molecule has 0 radical (unpaired) electrons. The minimum absolute atomic E-state index is 0.0147. The Morgan fingerprint density at radius 3 is 2.37 bits per heavy atom. The third-order valence-corrected chi connectivity index (χ3v) is 10.8. The number of likely N-dealkylation sites (tertiary alicyclic amines) is 1. The third kappa shape index (κ3) is 3.70. The largest absolute Gasteiger partial charge is 0.508 e. The van der Waals surface area contributed by atoms with Crippen molar-refractivity contribution in [2.45, 2.75) is 63.8 Å². The second-order valence-corrected chi connectivity index (χ2v) is 13.0. The number of benzene rings is 2. The van der Waals surface area contributed by atoms with Gasteiger partial charge in [0.2, 0.25) is 23.6 Å².